The van der Waals surface area contributed by atoms with Crippen molar-refractivity contribution >= 4 is 17.6 Å². The van der Waals surface area contributed by atoms with Gasteiger partial charge in [-0.25, -0.2) is 4.39 Å². The fourth-order valence-corrected chi connectivity index (χ4v) is 2.12. The molecular formula is C13H15FN2O3. The topological polar surface area (TPSA) is 58.6 Å². The van der Waals surface area contributed by atoms with Gasteiger partial charge < -0.3 is 15.0 Å². The second-order valence-electron chi connectivity index (χ2n) is 4.26. The summed E-state index contributed by atoms with van der Waals surface area (Å²) in [4.78, 5) is 24.9. The number of nitrogens with one attached hydrogen (secondary N) is 1. The van der Waals surface area contributed by atoms with Crippen molar-refractivity contribution in [2.24, 2.45) is 0 Å². The molecular weight excluding hydrogens is 251 g/mol. The van der Waals surface area contributed by atoms with E-state index in [-0.39, 0.29) is 18.1 Å². The molecule has 1 aromatic rings. The molecule has 1 heterocycles. The van der Waals surface area contributed by atoms with Gasteiger partial charge in [-0.05, 0) is 18.2 Å². The number of methoxy groups -OCH3 is 1. The van der Waals surface area contributed by atoms with Gasteiger partial charge in [0.1, 0.15) is 11.9 Å². The standard InChI is InChI=1S/C13H15FN2O3/c1-19-12(17)8-11-13(18)15-5-6-16(11)10-4-2-3-9(14)7-10/h2-4,7,11H,5-6,8H2,1H3,(H,15,18). The molecule has 1 N–H and O–H groups in total. The maximum absolute atomic E-state index is 13.3. The lowest BCUT2D eigenvalue weighted by atomic mass is 10.1. The molecule has 1 aliphatic rings. The van der Waals surface area contributed by atoms with Crippen LogP contribution in [0.15, 0.2) is 24.3 Å². The zero-order valence-corrected chi connectivity index (χ0v) is 10.6. The summed E-state index contributed by atoms with van der Waals surface area (Å²) in [5, 5.41) is 2.69. The summed E-state index contributed by atoms with van der Waals surface area (Å²) in [5.74, 6) is -1.09. The second-order valence-corrected chi connectivity index (χ2v) is 4.26. The number of hydrogen-bond donors (Lipinski definition) is 1. The van der Waals surface area contributed by atoms with Crippen LogP contribution in [0.1, 0.15) is 6.42 Å². The Morgan fingerprint density at radius 2 is 2.37 bits per heavy atom. The smallest absolute Gasteiger partial charge is 0.308 e. The zero-order valence-electron chi connectivity index (χ0n) is 10.6. The van der Waals surface area contributed by atoms with E-state index in [4.69, 9.17) is 0 Å². The Hall–Kier alpha value is -2.11. The first-order valence-electron chi connectivity index (χ1n) is 5.98. The number of carbonyl (C=O) groups excluding carboxylic acids is 2. The van der Waals surface area contributed by atoms with Crippen LogP contribution in [0.3, 0.4) is 0 Å². The van der Waals surface area contributed by atoms with E-state index in [0.717, 1.165) is 0 Å². The van der Waals surface area contributed by atoms with E-state index in [2.05, 4.69) is 10.1 Å². The fraction of sp³-hybridized carbons (Fsp3) is 0.385. The van der Waals surface area contributed by atoms with Gasteiger partial charge in [-0.1, -0.05) is 6.07 Å². The average molecular weight is 266 g/mol. The van der Waals surface area contributed by atoms with Gasteiger partial charge in [0.2, 0.25) is 5.91 Å². The van der Waals surface area contributed by atoms with E-state index in [1.165, 1.54) is 19.2 Å². The summed E-state index contributed by atoms with van der Waals surface area (Å²) in [7, 11) is 1.27. The number of amides is 1. The molecule has 1 aromatic carbocycles. The number of piperazine rings is 1. The van der Waals surface area contributed by atoms with Gasteiger partial charge in [0.05, 0.1) is 13.5 Å². The number of carbonyl (C=O) groups is 2. The lowest BCUT2D eigenvalue weighted by molar-refractivity contribution is -0.143. The van der Waals surface area contributed by atoms with Crippen molar-refractivity contribution < 1.29 is 18.7 Å². The van der Waals surface area contributed by atoms with Crippen molar-refractivity contribution in [1.82, 2.24) is 5.32 Å². The molecule has 1 saturated heterocycles. The largest absolute Gasteiger partial charge is 0.469 e. The Kier molecular flexibility index (Phi) is 3.99. The number of benzene rings is 1. The Morgan fingerprint density at radius 3 is 3.05 bits per heavy atom. The highest BCUT2D eigenvalue weighted by molar-refractivity contribution is 5.90. The van der Waals surface area contributed by atoms with Crippen LogP contribution < -0.4 is 10.2 Å². The van der Waals surface area contributed by atoms with Crippen molar-refractivity contribution in [3.05, 3.63) is 30.1 Å². The minimum absolute atomic E-state index is 0.0567. The predicted molar refractivity (Wildman–Crippen MR) is 67.2 cm³/mol. The molecule has 0 radical (unpaired) electrons. The highest BCUT2D eigenvalue weighted by atomic mass is 19.1. The van der Waals surface area contributed by atoms with E-state index >= 15 is 0 Å². The van der Waals surface area contributed by atoms with Crippen LogP contribution in [0, 0.1) is 5.82 Å². The second kappa shape index (κ2) is 5.69. The fourth-order valence-electron chi connectivity index (χ4n) is 2.12. The van der Waals surface area contributed by atoms with Crippen LogP contribution in [0.5, 0.6) is 0 Å². The summed E-state index contributed by atoms with van der Waals surface area (Å²) in [5.41, 5.74) is 0.587. The maximum atomic E-state index is 13.3. The molecule has 0 saturated carbocycles. The zero-order chi connectivity index (χ0) is 13.8. The molecule has 0 aromatic heterocycles. The molecule has 0 bridgehead atoms. The third-order valence-corrected chi connectivity index (χ3v) is 3.06. The number of ether oxygens (including phenoxy) is 1. The van der Waals surface area contributed by atoms with Crippen molar-refractivity contribution in [1.29, 1.82) is 0 Å². The number of anilines is 1. The van der Waals surface area contributed by atoms with Crippen LogP contribution in [0.25, 0.3) is 0 Å². The van der Waals surface area contributed by atoms with E-state index in [1.807, 2.05) is 0 Å². The van der Waals surface area contributed by atoms with Gasteiger partial charge in [0, 0.05) is 18.8 Å². The normalized spacial score (nSPS) is 18.9. The third-order valence-electron chi connectivity index (χ3n) is 3.06. The third kappa shape index (κ3) is 3.01. The monoisotopic (exact) mass is 266 g/mol. The first-order chi connectivity index (χ1) is 9.11. The summed E-state index contributed by atoms with van der Waals surface area (Å²) in [6.45, 7) is 0.990. The van der Waals surface area contributed by atoms with Crippen LogP contribution in [0.4, 0.5) is 10.1 Å². The van der Waals surface area contributed by atoms with Crippen LogP contribution in [-0.2, 0) is 14.3 Å². The molecule has 1 aliphatic heterocycles. The molecule has 1 amide bonds. The summed E-state index contributed by atoms with van der Waals surface area (Å²) >= 11 is 0. The van der Waals surface area contributed by atoms with Crippen molar-refractivity contribution in [2.75, 3.05) is 25.1 Å². The van der Waals surface area contributed by atoms with E-state index in [9.17, 15) is 14.0 Å². The molecule has 19 heavy (non-hydrogen) atoms. The SMILES string of the molecule is COC(=O)CC1C(=O)NCCN1c1cccc(F)c1. The highest BCUT2D eigenvalue weighted by Crippen LogP contribution is 2.21. The molecule has 6 heteroatoms. The average Bonchev–Trinajstić information content (AvgIpc) is 2.40. The Bertz CT molecular complexity index is 493. The van der Waals surface area contributed by atoms with Crippen molar-refractivity contribution in [3.63, 3.8) is 0 Å². The van der Waals surface area contributed by atoms with Crippen LogP contribution in [0.2, 0.25) is 0 Å². The predicted octanol–water partition coefficient (Wildman–Crippen LogP) is 0.694. The van der Waals surface area contributed by atoms with Crippen molar-refractivity contribution in [2.45, 2.75) is 12.5 Å². The molecule has 0 spiro atoms. The van der Waals surface area contributed by atoms with E-state index in [0.29, 0.717) is 18.8 Å². The summed E-state index contributed by atoms with van der Waals surface area (Å²) in [6, 6.07) is 5.31. The van der Waals surface area contributed by atoms with Crippen molar-refractivity contribution in [3.8, 4) is 0 Å². The minimum atomic E-state index is -0.664. The first-order valence-corrected chi connectivity index (χ1v) is 5.98. The number of rotatable bonds is 3. The van der Waals surface area contributed by atoms with Gasteiger partial charge in [-0.3, -0.25) is 9.59 Å². The maximum Gasteiger partial charge on any atom is 0.308 e. The molecule has 5 nitrogen and oxygen atoms in total. The number of esters is 1. The number of nitrogens with zero attached hydrogens (tertiary/aromatic N) is 1. The summed E-state index contributed by atoms with van der Waals surface area (Å²) < 4.78 is 17.8. The highest BCUT2D eigenvalue weighted by Gasteiger charge is 2.32. The molecule has 2 rings (SSSR count). The molecule has 0 aliphatic carbocycles. The lowest BCUT2D eigenvalue weighted by Crippen LogP contribution is -2.56. The minimum Gasteiger partial charge on any atom is -0.469 e. The lowest BCUT2D eigenvalue weighted by Gasteiger charge is -2.36. The Labute approximate surface area is 110 Å². The van der Waals surface area contributed by atoms with Gasteiger partial charge in [0.25, 0.3) is 0 Å². The molecule has 1 atom stereocenters. The van der Waals surface area contributed by atoms with E-state index < -0.39 is 12.0 Å². The van der Waals surface area contributed by atoms with Crippen LogP contribution >= 0.6 is 0 Å². The number of hydrogen-bond acceptors (Lipinski definition) is 4. The van der Waals surface area contributed by atoms with Crippen LogP contribution in [-0.4, -0.2) is 38.1 Å². The van der Waals surface area contributed by atoms with Gasteiger partial charge in [-0.2, -0.15) is 0 Å². The van der Waals surface area contributed by atoms with Gasteiger partial charge in [-0.15, -0.1) is 0 Å². The molecule has 1 unspecified atom stereocenters. The quantitative estimate of drug-likeness (QED) is 0.818. The van der Waals surface area contributed by atoms with E-state index in [1.54, 1.807) is 17.0 Å². The van der Waals surface area contributed by atoms with Gasteiger partial charge in [0.15, 0.2) is 0 Å². The van der Waals surface area contributed by atoms with Gasteiger partial charge >= 0.3 is 5.97 Å². The Balaban J connectivity index is 2.24. The molecule has 1 fully saturated rings. The summed E-state index contributed by atoms with van der Waals surface area (Å²) in [6.07, 6.45) is -0.0567. The first kappa shape index (κ1) is 13.3. The Morgan fingerprint density at radius 1 is 1.58 bits per heavy atom. The number of halogens is 1. The molecule has 102 valence electrons.